The number of nitrogens with zero attached hydrogens (tertiary/aromatic N) is 5. The van der Waals surface area contributed by atoms with E-state index in [-0.39, 0.29) is 5.82 Å². The molecule has 23 heavy (non-hydrogen) atoms. The maximum absolute atomic E-state index is 13.7. The third-order valence-electron chi connectivity index (χ3n) is 4.14. The van der Waals surface area contributed by atoms with E-state index in [9.17, 15) is 4.39 Å². The van der Waals surface area contributed by atoms with Gasteiger partial charge in [0.2, 0.25) is 0 Å². The quantitative estimate of drug-likeness (QED) is 0.862. The second kappa shape index (κ2) is 6.91. The Kier molecular flexibility index (Phi) is 4.71. The van der Waals surface area contributed by atoms with E-state index in [0.29, 0.717) is 6.54 Å². The summed E-state index contributed by atoms with van der Waals surface area (Å²) in [5.74, 6) is 1.63. The highest BCUT2D eigenvalue weighted by Crippen LogP contribution is 2.17. The summed E-state index contributed by atoms with van der Waals surface area (Å²) in [4.78, 5) is 6.43. The molecule has 1 aliphatic rings. The van der Waals surface area contributed by atoms with E-state index < -0.39 is 0 Å². The summed E-state index contributed by atoms with van der Waals surface area (Å²) < 4.78 is 13.7. The van der Waals surface area contributed by atoms with Crippen molar-refractivity contribution in [2.24, 2.45) is 0 Å². The second-order valence-corrected chi connectivity index (χ2v) is 6.00. The Morgan fingerprint density at radius 1 is 1.00 bits per heavy atom. The van der Waals surface area contributed by atoms with Crippen LogP contribution in [0.4, 0.5) is 16.0 Å². The van der Waals surface area contributed by atoms with Gasteiger partial charge in [-0.25, -0.2) is 4.39 Å². The van der Waals surface area contributed by atoms with Crippen LogP contribution in [0, 0.1) is 5.82 Å². The van der Waals surface area contributed by atoms with Crippen LogP contribution in [0.15, 0.2) is 36.4 Å². The van der Waals surface area contributed by atoms with Crippen molar-refractivity contribution in [2.75, 3.05) is 50.1 Å². The highest BCUT2D eigenvalue weighted by atomic mass is 19.1. The number of aromatic nitrogens is 2. The van der Waals surface area contributed by atoms with Crippen molar-refractivity contribution < 1.29 is 4.39 Å². The smallest absolute Gasteiger partial charge is 0.151 e. The monoisotopic (exact) mass is 315 g/mol. The molecule has 3 rings (SSSR count). The molecule has 0 unspecified atom stereocenters. The third-order valence-corrected chi connectivity index (χ3v) is 4.14. The van der Waals surface area contributed by atoms with Gasteiger partial charge in [0.25, 0.3) is 0 Å². The van der Waals surface area contributed by atoms with E-state index in [2.05, 4.69) is 20.0 Å². The van der Waals surface area contributed by atoms with Gasteiger partial charge in [-0.05, 0) is 18.2 Å². The highest BCUT2D eigenvalue weighted by molar-refractivity contribution is 5.44. The summed E-state index contributed by atoms with van der Waals surface area (Å²) >= 11 is 0. The minimum absolute atomic E-state index is 0.125. The molecule has 0 spiro atoms. The number of halogens is 1. The van der Waals surface area contributed by atoms with Crippen LogP contribution in [-0.4, -0.2) is 55.4 Å². The van der Waals surface area contributed by atoms with Crippen molar-refractivity contribution in [3.05, 3.63) is 47.8 Å². The largest absolute Gasteiger partial charge is 0.361 e. The van der Waals surface area contributed by atoms with Crippen molar-refractivity contribution in [1.82, 2.24) is 15.1 Å². The Morgan fingerprint density at radius 3 is 2.35 bits per heavy atom. The van der Waals surface area contributed by atoms with E-state index in [4.69, 9.17) is 0 Å². The molecule has 0 atom stereocenters. The average molecular weight is 315 g/mol. The average Bonchev–Trinajstić information content (AvgIpc) is 2.58. The first-order valence-electron chi connectivity index (χ1n) is 7.85. The number of rotatable bonds is 4. The lowest BCUT2D eigenvalue weighted by Crippen LogP contribution is -2.46. The molecular formula is C17H22FN5. The SMILES string of the molecule is CN(C)c1ccc(N2CCN(Cc3ccccc3F)CC2)nn1. The van der Waals surface area contributed by atoms with Gasteiger partial charge in [0, 0.05) is 52.4 Å². The van der Waals surface area contributed by atoms with Gasteiger partial charge >= 0.3 is 0 Å². The van der Waals surface area contributed by atoms with Crippen molar-refractivity contribution in [2.45, 2.75) is 6.54 Å². The van der Waals surface area contributed by atoms with Gasteiger partial charge in [-0.2, -0.15) is 0 Å². The summed E-state index contributed by atoms with van der Waals surface area (Å²) in [6, 6.07) is 11.0. The van der Waals surface area contributed by atoms with E-state index in [1.54, 1.807) is 6.07 Å². The lowest BCUT2D eigenvalue weighted by molar-refractivity contribution is 0.246. The Morgan fingerprint density at radius 2 is 1.74 bits per heavy atom. The first-order valence-corrected chi connectivity index (χ1v) is 7.85. The standard InChI is InChI=1S/C17H22FN5/c1-21(2)16-7-8-17(20-19-16)23-11-9-22(10-12-23)13-14-5-3-4-6-15(14)18/h3-8H,9-13H2,1-2H3. The van der Waals surface area contributed by atoms with Crippen LogP contribution in [0.25, 0.3) is 0 Å². The highest BCUT2D eigenvalue weighted by Gasteiger charge is 2.19. The molecule has 0 N–H and O–H groups in total. The molecule has 122 valence electrons. The van der Waals surface area contributed by atoms with Gasteiger partial charge in [-0.1, -0.05) is 18.2 Å². The van der Waals surface area contributed by atoms with Crippen LogP contribution < -0.4 is 9.80 Å². The topological polar surface area (TPSA) is 35.5 Å². The molecule has 0 bridgehead atoms. The van der Waals surface area contributed by atoms with Crippen molar-refractivity contribution in [3.63, 3.8) is 0 Å². The van der Waals surface area contributed by atoms with Crippen molar-refractivity contribution in [3.8, 4) is 0 Å². The fraction of sp³-hybridized carbons (Fsp3) is 0.412. The van der Waals surface area contributed by atoms with E-state index in [1.807, 2.05) is 43.3 Å². The van der Waals surface area contributed by atoms with Crippen LogP contribution >= 0.6 is 0 Å². The fourth-order valence-corrected chi connectivity index (χ4v) is 2.73. The Bertz CT molecular complexity index is 636. The molecule has 0 aliphatic carbocycles. The van der Waals surface area contributed by atoms with Gasteiger partial charge in [0.1, 0.15) is 5.82 Å². The molecule has 1 aromatic carbocycles. The zero-order chi connectivity index (χ0) is 16.2. The Hall–Kier alpha value is -2.21. The van der Waals surface area contributed by atoms with Gasteiger partial charge in [-0.3, -0.25) is 4.90 Å². The maximum atomic E-state index is 13.7. The predicted octanol–water partition coefficient (Wildman–Crippen LogP) is 2.00. The van der Waals surface area contributed by atoms with E-state index in [1.165, 1.54) is 6.07 Å². The second-order valence-electron chi connectivity index (χ2n) is 6.00. The minimum atomic E-state index is -0.125. The summed E-state index contributed by atoms with van der Waals surface area (Å²) in [7, 11) is 3.90. The molecule has 1 aliphatic heterocycles. The lowest BCUT2D eigenvalue weighted by Gasteiger charge is -2.35. The molecule has 0 radical (unpaired) electrons. The molecule has 1 aromatic heterocycles. The Labute approximate surface area is 136 Å². The van der Waals surface area contributed by atoms with Gasteiger partial charge in [0.15, 0.2) is 11.6 Å². The zero-order valence-electron chi connectivity index (χ0n) is 13.6. The summed E-state index contributed by atoms with van der Waals surface area (Å²) in [6.45, 7) is 4.21. The number of piperazine rings is 1. The number of benzene rings is 1. The summed E-state index contributed by atoms with van der Waals surface area (Å²) in [5.41, 5.74) is 0.760. The van der Waals surface area contributed by atoms with Gasteiger partial charge in [-0.15, -0.1) is 10.2 Å². The van der Waals surface area contributed by atoms with Crippen molar-refractivity contribution >= 4 is 11.6 Å². The first kappa shape index (κ1) is 15.7. The molecule has 1 saturated heterocycles. The lowest BCUT2D eigenvalue weighted by atomic mass is 10.2. The van der Waals surface area contributed by atoms with Crippen LogP contribution in [-0.2, 0) is 6.54 Å². The summed E-state index contributed by atoms with van der Waals surface area (Å²) in [5, 5.41) is 8.53. The Balaban J connectivity index is 1.57. The van der Waals surface area contributed by atoms with Crippen LogP contribution in [0.2, 0.25) is 0 Å². The molecule has 2 aromatic rings. The van der Waals surface area contributed by atoms with Crippen LogP contribution in [0.3, 0.4) is 0 Å². The minimum Gasteiger partial charge on any atom is -0.361 e. The molecule has 1 fully saturated rings. The normalized spacial score (nSPS) is 15.7. The summed E-state index contributed by atoms with van der Waals surface area (Å²) in [6.07, 6.45) is 0. The van der Waals surface area contributed by atoms with E-state index in [0.717, 1.165) is 43.4 Å². The molecule has 5 nitrogen and oxygen atoms in total. The third kappa shape index (κ3) is 3.76. The van der Waals surface area contributed by atoms with Gasteiger partial charge < -0.3 is 9.80 Å². The molecule has 0 amide bonds. The fourth-order valence-electron chi connectivity index (χ4n) is 2.73. The van der Waals surface area contributed by atoms with Crippen LogP contribution in [0.5, 0.6) is 0 Å². The first-order chi connectivity index (χ1) is 11.1. The maximum Gasteiger partial charge on any atom is 0.151 e. The van der Waals surface area contributed by atoms with E-state index >= 15 is 0 Å². The number of hydrogen-bond acceptors (Lipinski definition) is 5. The zero-order valence-corrected chi connectivity index (χ0v) is 13.6. The number of anilines is 2. The number of hydrogen-bond donors (Lipinski definition) is 0. The molecule has 6 heteroatoms. The van der Waals surface area contributed by atoms with Crippen molar-refractivity contribution in [1.29, 1.82) is 0 Å². The predicted molar refractivity (Wildman–Crippen MR) is 90.2 cm³/mol. The molecule has 2 heterocycles. The van der Waals surface area contributed by atoms with Crippen LogP contribution in [0.1, 0.15) is 5.56 Å². The molecule has 0 saturated carbocycles. The van der Waals surface area contributed by atoms with Gasteiger partial charge in [0.05, 0.1) is 0 Å². The molecular weight excluding hydrogens is 293 g/mol.